The third kappa shape index (κ3) is 4.24. The predicted octanol–water partition coefficient (Wildman–Crippen LogP) is 14.6. The summed E-state index contributed by atoms with van der Waals surface area (Å²) >= 11 is 0. The van der Waals surface area contributed by atoms with E-state index >= 15 is 0 Å². The zero-order valence-electron chi connectivity index (χ0n) is 32.3. The monoisotopic (exact) mass is 760 g/mol. The van der Waals surface area contributed by atoms with Crippen molar-refractivity contribution in [3.8, 4) is 45.0 Å². The summed E-state index contributed by atoms with van der Waals surface area (Å²) < 4.78 is 4.88. The zero-order chi connectivity index (χ0) is 39.1. The highest BCUT2D eigenvalue weighted by molar-refractivity contribution is 6.22. The second-order valence-electron chi connectivity index (χ2n) is 16.1. The first-order valence-electron chi connectivity index (χ1n) is 20.6. The second-order valence-corrected chi connectivity index (χ2v) is 16.1. The third-order valence-corrected chi connectivity index (χ3v) is 13.0. The largest absolute Gasteiger partial charge is 0.308 e. The summed E-state index contributed by atoms with van der Waals surface area (Å²) in [5.41, 5.74) is 14.4. The van der Waals surface area contributed by atoms with Gasteiger partial charge in [0.15, 0.2) is 5.82 Å². The first kappa shape index (κ1) is 31.9. The minimum absolute atomic E-state index is 0.813. The van der Waals surface area contributed by atoms with Crippen LogP contribution in [0.2, 0.25) is 0 Å². The molecule has 60 heavy (non-hydrogen) atoms. The van der Waals surface area contributed by atoms with E-state index in [0.29, 0.717) is 0 Å². The van der Waals surface area contributed by atoms with Crippen molar-refractivity contribution in [3.63, 3.8) is 0 Å². The van der Waals surface area contributed by atoms with Gasteiger partial charge in [-0.05, 0) is 74.5 Å². The van der Waals surface area contributed by atoms with Crippen LogP contribution in [0.5, 0.6) is 0 Å². The van der Waals surface area contributed by atoms with E-state index in [0.717, 1.165) is 49.9 Å². The summed E-state index contributed by atoms with van der Waals surface area (Å²) in [6.45, 7) is 0. The Hall–Kier alpha value is -8.08. The molecule has 0 bridgehead atoms. The standard InChI is InChI=1S/C56H32N4/c1-3-14-37-33(12-1)24-25-35-26-27-36(30-45(35)37)53-56(57-48-29-28-34-13-2-4-15-38(34)54(48)58-53)60-50-23-10-8-19-42(50)46-31-51-47(32-52(46)60)44-21-11-20-43-40-17-6-5-16-39(40)41-18-7-9-22-49(41)59(51)55(43)44/h1-32H. The molecule has 0 saturated heterocycles. The molecule has 1 aliphatic rings. The summed E-state index contributed by atoms with van der Waals surface area (Å²) in [6, 6.07) is 70.7. The third-order valence-electron chi connectivity index (χ3n) is 13.0. The highest BCUT2D eigenvalue weighted by Gasteiger charge is 2.27. The van der Waals surface area contributed by atoms with E-state index in [1.54, 1.807) is 0 Å². The number of rotatable bonds is 2. The first-order chi connectivity index (χ1) is 29.8. The van der Waals surface area contributed by atoms with E-state index in [2.05, 4.69) is 203 Å². The van der Waals surface area contributed by atoms with Crippen molar-refractivity contribution in [2.45, 2.75) is 0 Å². The van der Waals surface area contributed by atoms with Gasteiger partial charge in [0, 0.05) is 43.6 Å². The average Bonchev–Trinajstić information content (AvgIpc) is 3.77. The molecule has 276 valence electrons. The van der Waals surface area contributed by atoms with Gasteiger partial charge in [-0.3, -0.25) is 4.57 Å². The molecule has 0 aliphatic carbocycles. The van der Waals surface area contributed by atoms with E-state index < -0.39 is 0 Å². The maximum absolute atomic E-state index is 5.65. The van der Waals surface area contributed by atoms with Crippen molar-refractivity contribution in [1.29, 1.82) is 0 Å². The van der Waals surface area contributed by atoms with Gasteiger partial charge in [0.05, 0.1) is 38.8 Å². The number of hydrogen-bond donors (Lipinski definition) is 0. The van der Waals surface area contributed by atoms with E-state index in [1.807, 2.05) is 0 Å². The van der Waals surface area contributed by atoms with Crippen molar-refractivity contribution < 1.29 is 0 Å². The molecule has 0 fully saturated rings. The normalized spacial score (nSPS) is 12.3. The molecular formula is C56H32N4. The number of para-hydroxylation sites is 3. The number of hydrogen-bond acceptors (Lipinski definition) is 2. The maximum atomic E-state index is 5.65. The molecular weight excluding hydrogens is 729 g/mol. The minimum Gasteiger partial charge on any atom is -0.308 e. The Labute approximate surface area is 343 Å². The zero-order valence-corrected chi connectivity index (χ0v) is 32.3. The fourth-order valence-corrected chi connectivity index (χ4v) is 10.4. The van der Waals surface area contributed by atoms with Gasteiger partial charge in [0.1, 0.15) is 5.69 Å². The van der Waals surface area contributed by atoms with Gasteiger partial charge in [0.2, 0.25) is 0 Å². The summed E-state index contributed by atoms with van der Waals surface area (Å²) in [5, 5.41) is 11.9. The lowest BCUT2D eigenvalue weighted by Crippen LogP contribution is -2.04. The number of aromatic nitrogens is 4. The molecule has 0 atom stereocenters. The Morgan fingerprint density at radius 3 is 1.77 bits per heavy atom. The van der Waals surface area contributed by atoms with Crippen molar-refractivity contribution in [3.05, 3.63) is 194 Å². The Morgan fingerprint density at radius 2 is 0.917 bits per heavy atom. The summed E-state index contributed by atoms with van der Waals surface area (Å²) in [4.78, 5) is 11.3. The lowest BCUT2D eigenvalue weighted by molar-refractivity contribution is 1.08. The first-order valence-corrected chi connectivity index (χ1v) is 20.6. The number of benzene rings is 10. The van der Waals surface area contributed by atoms with E-state index in [-0.39, 0.29) is 0 Å². The van der Waals surface area contributed by atoms with Gasteiger partial charge in [-0.15, -0.1) is 0 Å². The van der Waals surface area contributed by atoms with Gasteiger partial charge >= 0.3 is 0 Å². The van der Waals surface area contributed by atoms with Crippen LogP contribution in [0.4, 0.5) is 0 Å². The Balaban J connectivity index is 1.13. The molecule has 0 radical (unpaired) electrons. The quantitative estimate of drug-likeness (QED) is 0.165. The smallest absolute Gasteiger partial charge is 0.165 e. The molecule has 1 aliphatic heterocycles. The van der Waals surface area contributed by atoms with Crippen molar-refractivity contribution >= 4 is 87.0 Å². The molecule has 13 aromatic rings. The fraction of sp³-hybridized carbons (Fsp3) is 0. The molecule has 3 aromatic heterocycles. The maximum Gasteiger partial charge on any atom is 0.165 e. The van der Waals surface area contributed by atoms with Crippen LogP contribution < -0.4 is 0 Å². The second kappa shape index (κ2) is 11.8. The highest BCUT2D eigenvalue weighted by atomic mass is 15.1. The van der Waals surface area contributed by atoms with Crippen LogP contribution in [0.25, 0.3) is 132 Å². The summed E-state index contributed by atoms with van der Waals surface area (Å²) in [5.74, 6) is 0.813. The lowest BCUT2D eigenvalue weighted by atomic mass is 9.94. The molecule has 0 unspecified atom stereocenters. The van der Waals surface area contributed by atoms with Crippen LogP contribution in [-0.4, -0.2) is 19.1 Å². The molecule has 0 saturated carbocycles. The van der Waals surface area contributed by atoms with Gasteiger partial charge in [-0.25, -0.2) is 9.97 Å². The summed E-state index contributed by atoms with van der Waals surface area (Å²) in [6.07, 6.45) is 0. The molecule has 4 heterocycles. The lowest BCUT2D eigenvalue weighted by Gasteiger charge is -2.16. The summed E-state index contributed by atoms with van der Waals surface area (Å²) in [7, 11) is 0. The van der Waals surface area contributed by atoms with Gasteiger partial charge in [0.25, 0.3) is 0 Å². The Bertz CT molecular complexity index is 4020. The molecule has 0 amide bonds. The number of fused-ring (bicyclic) bond motifs is 17. The van der Waals surface area contributed by atoms with Crippen LogP contribution in [0.15, 0.2) is 194 Å². The molecule has 0 spiro atoms. The van der Waals surface area contributed by atoms with Gasteiger partial charge in [-0.1, -0.05) is 158 Å². The topological polar surface area (TPSA) is 35.6 Å². The SMILES string of the molecule is c1ccc2c(c1)-c1ccccc1-n1c3cc4c5ccccc5n(-c5nc6ccc7ccccc7c6nc5-c5ccc6ccc7ccccc7c6c5)c4cc3c3cccc-2c31. The molecule has 4 heteroatoms. The molecule has 10 aromatic carbocycles. The van der Waals surface area contributed by atoms with Crippen molar-refractivity contribution in [2.24, 2.45) is 0 Å². The van der Waals surface area contributed by atoms with Gasteiger partial charge < -0.3 is 4.57 Å². The minimum atomic E-state index is 0.813. The van der Waals surface area contributed by atoms with Crippen LogP contribution >= 0.6 is 0 Å². The molecule has 4 nitrogen and oxygen atoms in total. The predicted molar refractivity (Wildman–Crippen MR) is 251 cm³/mol. The van der Waals surface area contributed by atoms with Crippen molar-refractivity contribution in [1.82, 2.24) is 19.1 Å². The molecule has 14 rings (SSSR count). The highest BCUT2D eigenvalue weighted by Crippen LogP contribution is 2.48. The van der Waals surface area contributed by atoms with Crippen LogP contribution in [-0.2, 0) is 0 Å². The van der Waals surface area contributed by atoms with Crippen molar-refractivity contribution in [2.75, 3.05) is 0 Å². The van der Waals surface area contributed by atoms with E-state index in [1.165, 1.54) is 82.1 Å². The van der Waals surface area contributed by atoms with E-state index in [9.17, 15) is 0 Å². The Morgan fingerprint density at radius 1 is 0.333 bits per heavy atom. The fourth-order valence-electron chi connectivity index (χ4n) is 10.4. The van der Waals surface area contributed by atoms with Crippen LogP contribution in [0.1, 0.15) is 0 Å². The average molecular weight is 761 g/mol. The van der Waals surface area contributed by atoms with E-state index in [4.69, 9.17) is 9.97 Å². The van der Waals surface area contributed by atoms with Gasteiger partial charge in [-0.2, -0.15) is 0 Å². The number of nitrogens with zero attached hydrogens (tertiary/aromatic N) is 4. The Kier molecular flexibility index (Phi) is 6.26. The molecule has 0 N–H and O–H groups in total. The van der Waals surface area contributed by atoms with Crippen LogP contribution in [0.3, 0.4) is 0 Å². The van der Waals surface area contributed by atoms with Crippen LogP contribution in [0, 0.1) is 0 Å².